The van der Waals surface area contributed by atoms with E-state index < -0.39 is 0 Å². The molecule has 0 amide bonds. The molecule has 0 aromatic heterocycles. The topological polar surface area (TPSA) is 27.0 Å². The lowest BCUT2D eigenvalue weighted by Gasteiger charge is -2.28. The zero-order valence-electron chi connectivity index (χ0n) is 11.4. The van der Waals surface area contributed by atoms with Crippen LogP contribution in [-0.2, 0) is 0 Å². The summed E-state index contributed by atoms with van der Waals surface area (Å²) in [6, 6.07) is 7.71. The minimum Gasteiger partial charge on any atom is -0.370 e. The predicted octanol–water partition coefficient (Wildman–Crippen LogP) is 4.47. The molecule has 1 aromatic rings. The average molecular weight is 265 g/mol. The molecule has 0 aliphatic rings. The maximum Gasteiger partial charge on any atom is 0.101 e. The molecular formula is C15H21ClN2. The van der Waals surface area contributed by atoms with Crippen LogP contribution in [0.2, 0.25) is 5.02 Å². The molecule has 0 unspecified atom stereocenters. The van der Waals surface area contributed by atoms with E-state index in [1.807, 2.05) is 6.07 Å². The summed E-state index contributed by atoms with van der Waals surface area (Å²) < 4.78 is 0. The van der Waals surface area contributed by atoms with Crippen molar-refractivity contribution < 1.29 is 0 Å². The summed E-state index contributed by atoms with van der Waals surface area (Å²) in [5.41, 5.74) is 1.66. The van der Waals surface area contributed by atoms with E-state index in [0.29, 0.717) is 16.5 Å². The maximum atomic E-state index is 9.18. The van der Waals surface area contributed by atoms with Crippen LogP contribution in [0.4, 0.5) is 5.69 Å². The van der Waals surface area contributed by atoms with E-state index in [0.717, 1.165) is 31.6 Å². The Hall–Kier alpha value is -1.20. The van der Waals surface area contributed by atoms with Crippen LogP contribution >= 0.6 is 11.6 Å². The van der Waals surface area contributed by atoms with Crippen LogP contribution in [0.1, 0.15) is 39.2 Å². The largest absolute Gasteiger partial charge is 0.370 e. The van der Waals surface area contributed by atoms with Gasteiger partial charge in [0.1, 0.15) is 6.07 Å². The summed E-state index contributed by atoms with van der Waals surface area (Å²) in [4.78, 5) is 2.25. The molecular weight excluding hydrogens is 244 g/mol. The molecule has 2 nitrogen and oxygen atoms in total. The van der Waals surface area contributed by atoms with Gasteiger partial charge in [-0.25, -0.2) is 0 Å². The molecule has 0 atom stereocenters. The minimum atomic E-state index is 0.662. The van der Waals surface area contributed by atoms with Crippen LogP contribution in [0, 0.1) is 17.2 Å². The maximum absolute atomic E-state index is 9.18. The fraction of sp³-hybridized carbons (Fsp3) is 0.533. The summed E-state index contributed by atoms with van der Waals surface area (Å²) in [5.74, 6) is 0.662. The zero-order chi connectivity index (χ0) is 13.5. The average Bonchev–Trinajstić information content (AvgIpc) is 2.40. The number of rotatable bonds is 6. The Kier molecular flexibility index (Phi) is 6.01. The first-order valence-electron chi connectivity index (χ1n) is 6.60. The number of hydrogen-bond donors (Lipinski definition) is 0. The quantitative estimate of drug-likeness (QED) is 0.758. The van der Waals surface area contributed by atoms with Crippen molar-refractivity contribution in [3.8, 4) is 6.07 Å². The standard InChI is InChI=1S/C15H21ClN2/c1-4-12(5-2)11-18(6-3)15-9-14(16)8-7-13(15)10-17/h7-9,12H,4-6,11H2,1-3H3. The van der Waals surface area contributed by atoms with Crippen LogP contribution in [0.5, 0.6) is 0 Å². The van der Waals surface area contributed by atoms with Crippen molar-refractivity contribution >= 4 is 17.3 Å². The molecule has 0 aliphatic heterocycles. The lowest BCUT2D eigenvalue weighted by Crippen LogP contribution is -2.29. The van der Waals surface area contributed by atoms with E-state index in [-0.39, 0.29) is 0 Å². The molecule has 0 saturated carbocycles. The molecule has 0 fully saturated rings. The van der Waals surface area contributed by atoms with Gasteiger partial charge in [0, 0.05) is 18.1 Å². The van der Waals surface area contributed by atoms with E-state index in [2.05, 4.69) is 31.7 Å². The van der Waals surface area contributed by atoms with Crippen LogP contribution in [0.15, 0.2) is 18.2 Å². The lowest BCUT2D eigenvalue weighted by atomic mass is 10.0. The van der Waals surface area contributed by atoms with Gasteiger partial charge < -0.3 is 4.90 Å². The highest BCUT2D eigenvalue weighted by Gasteiger charge is 2.14. The molecule has 1 aromatic carbocycles. The van der Waals surface area contributed by atoms with Crippen LogP contribution in [0.3, 0.4) is 0 Å². The number of anilines is 1. The Morgan fingerprint density at radius 2 is 1.94 bits per heavy atom. The van der Waals surface area contributed by atoms with Crippen LogP contribution < -0.4 is 4.90 Å². The third kappa shape index (κ3) is 3.65. The number of nitrogens with zero attached hydrogens (tertiary/aromatic N) is 2. The second-order valence-electron chi connectivity index (χ2n) is 4.49. The van der Waals surface area contributed by atoms with Gasteiger partial charge in [0.25, 0.3) is 0 Å². The van der Waals surface area contributed by atoms with Gasteiger partial charge in [-0.05, 0) is 31.0 Å². The number of halogens is 1. The molecule has 98 valence electrons. The highest BCUT2D eigenvalue weighted by atomic mass is 35.5. The summed E-state index contributed by atoms with van der Waals surface area (Å²) in [6.07, 6.45) is 2.32. The molecule has 0 N–H and O–H groups in total. The highest BCUT2D eigenvalue weighted by molar-refractivity contribution is 6.30. The molecule has 3 heteroatoms. The van der Waals surface area contributed by atoms with Gasteiger partial charge >= 0.3 is 0 Å². The molecule has 1 rings (SSSR count). The van der Waals surface area contributed by atoms with Crippen LogP contribution in [0.25, 0.3) is 0 Å². The first-order valence-corrected chi connectivity index (χ1v) is 6.98. The summed E-state index contributed by atoms with van der Waals surface area (Å²) in [6.45, 7) is 8.42. The summed E-state index contributed by atoms with van der Waals surface area (Å²) in [7, 11) is 0. The summed E-state index contributed by atoms with van der Waals surface area (Å²) >= 11 is 6.04. The fourth-order valence-corrected chi connectivity index (χ4v) is 2.28. The lowest BCUT2D eigenvalue weighted by molar-refractivity contribution is 0.486. The SMILES string of the molecule is CCC(CC)CN(CC)c1cc(Cl)ccc1C#N. The second-order valence-corrected chi connectivity index (χ2v) is 4.93. The molecule has 0 bridgehead atoms. The van der Waals surface area contributed by atoms with Crippen molar-refractivity contribution in [3.63, 3.8) is 0 Å². The van der Waals surface area contributed by atoms with E-state index >= 15 is 0 Å². The van der Waals surface area contributed by atoms with E-state index in [9.17, 15) is 5.26 Å². The number of benzene rings is 1. The van der Waals surface area contributed by atoms with Crippen molar-refractivity contribution in [2.45, 2.75) is 33.6 Å². The smallest absolute Gasteiger partial charge is 0.101 e. The van der Waals surface area contributed by atoms with Gasteiger partial charge in [0.05, 0.1) is 11.3 Å². The van der Waals surface area contributed by atoms with Gasteiger partial charge in [-0.1, -0.05) is 38.3 Å². The first kappa shape index (κ1) is 14.9. The Labute approximate surface area is 115 Å². The molecule has 18 heavy (non-hydrogen) atoms. The van der Waals surface area contributed by atoms with Gasteiger partial charge in [-0.3, -0.25) is 0 Å². The van der Waals surface area contributed by atoms with Crippen molar-refractivity contribution in [3.05, 3.63) is 28.8 Å². The van der Waals surface area contributed by atoms with Gasteiger partial charge in [0.2, 0.25) is 0 Å². The van der Waals surface area contributed by atoms with Crippen molar-refractivity contribution in [1.29, 1.82) is 5.26 Å². The monoisotopic (exact) mass is 264 g/mol. The fourth-order valence-electron chi connectivity index (χ4n) is 2.12. The van der Waals surface area contributed by atoms with Crippen molar-refractivity contribution in [2.24, 2.45) is 5.92 Å². The van der Waals surface area contributed by atoms with E-state index in [1.54, 1.807) is 12.1 Å². The first-order chi connectivity index (χ1) is 8.65. The number of nitriles is 1. The zero-order valence-corrected chi connectivity index (χ0v) is 12.2. The molecule has 0 heterocycles. The third-order valence-electron chi connectivity index (χ3n) is 3.44. The molecule has 0 spiro atoms. The Balaban J connectivity index is 3.01. The van der Waals surface area contributed by atoms with Gasteiger partial charge in [-0.2, -0.15) is 5.26 Å². The second kappa shape index (κ2) is 7.28. The minimum absolute atomic E-state index is 0.662. The number of hydrogen-bond acceptors (Lipinski definition) is 2. The Morgan fingerprint density at radius 3 is 2.44 bits per heavy atom. The predicted molar refractivity (Wildman–Crippen MR) is 78.1 cm³/mol. The molecule has 0 aliphatic carbocycles. The van der Waals surface area contributed by atoms with E-state index in [1.165, 1.54) is 0 Å². The van der Waals surface area contributed by atoms with E-state index in [4.69, 9.17) is 11.6 Å². The van der Waals surface area contributed by atoms with Crippen molar-refractivity contribution in [2.75, 3.05) is 18.0 Å². The van der Waals surface area contributed by atoms with Gasteiger partial charge in [-0.15, -0.1) is 0 Å². The van der Waals surface area contributed by atoms with Crippen LogP contribution in [-0.4, -0.2) is 13.1 Å². The van der Waals surface area contributed by atoms with Gasteiger partial charge in [0.15, 0.2) is 0 Å². The third-order valence-corrected chi connectivity index (χ3v) is 3.67. The Morgan fingerprint density at radius 1 is 1.28 bits per heavy atom. The molecule has 0 radical (unpaired) electrons. The normalized spacial score (nSPS) is 10.4. The Bertz CT molecular complexity index is 419. The highest BCUT2D eigenvalue weighted by Crippen LogP contribution is 2.26. The summed E-state index contributed by atoms with van der Waals surface area (Å²) in [5, 5.41) is 9.87. The molecule has 0 saturated heterocycles. The van der Waals surface area contributed by atoms with Crippen molar-refractivity contribution in [1.82, 2.24) is 0 Å².